The lowest BCUT2D eigenvalue weighted by molar-refractivity contribution is -0.130. The molecule has 0 unspecified atom stereocenters. The van der Waals surface area contributed by atoms with Crippen molar-refractivity contribution < 1.29 is 18.8 Å². The number of anilines is 1. The fourth-order valence-corrected chi connectivity index (χ4v) is 4.36. The topological polar surface area (TPSA) is 94.3 Å². The number of hydrogen-bond acceptors (Lipinski definition) is 3. The Kier molecular flexibility index (Phi) is 7.90. The lowest BCUT2D eigenvalue weighted by Crippen LogP contribution is -2.30. The molecule has 3 heterocycles. The van der Waals surface area contributed by atoms with Crippen LogP contribution in [0.25, 0.3) is 11.6 Å². The first-order chi connectivity index (χ1) is 16.3. The molecule has 1 aromatic carbocycles. The minimum absolute atomic E-state index is 0.145. The van der Waals surface area contributed by atoms with Gasteiger partial charge in [-0.3, -0.25) is 14.4 Å². The zero-order valence-corrected chi connectivity index (χ0v) is 19.5. The summed E-state index contributed by atoms with van der Waals surface area (Å²) in [5.41, 5.74) is 3.92. The number of nitrogens with zero attached hydrogens (tertiary/aromatic N) is 1. The summed E-state index contributed by atoms with van der Waals surface area (Å²) in [7, 11) is 0. The Hall–Kier alpha value is -3.86. The number of carbonyl (C=O) groups is 3. The summed E-state index contributed by atoms with van der Waals surface area (Å²) in [5, 5.41) is 5.61. The highest BCUT2D eigenvalue weighted by Gasteiger charge is 2.26. The van der Waals surface area contributed by atoms with E-state index >= 15 is 0 Å². The standard InChI is InChI=1S/C24H27FN4O3.C2H2/c1-14-20(13-18-17-12-16(25)7-8-19(17)28-23(18)31)27-15(2)22(14)24(32)26-9-5-6-21(30)29-10-3-4-11-29;1-2/h7-8,12-13,27H,3-6,9-11H2,1-2H3,(H,26,32)(H,28,31);1-2H/b18-13-;. The van der Waals surface area contributed by atoms with Gasteiger partial charge in [-0.05, 0) is 62.9 Å². The van der Waals surface area contributed by atoms with Gasteiger partial charge >= 0.3 is 0 Å². The van der Waals surface area contributed by atoms with E-state index in [1.807, 2.05) is 4.90 Å². The van der Waals surface area contributed by atoms with E-state index in [4.69, 9.17) is 0 Å². The Morgan fingerprint density at radius 3 is 2.62 bits per heavy atom. The third-order valence-electron chi connectivity index (χ3n) is 6.07. The summed E-state index contributed by atoms with van der Waals surface area (Å²) >= 11 is 0. The van der Waals surface area contributed by atoms with Gasteiger partial charge in [0, 0.05) is 48.7 Å². The van der Waals surface area contributed by atoms with Crippen molar-refractivity contribution in [2.24, 2.45) is 0 Å². The van der Waals surface area contributed by atoms with Crippen LogP contribution in [-0.2, 0) is 9.59 Å². The molecule has 0 spiro atoms. The van der Waals surface area contributed by atoms with Gasteiger partial charge in [-0.15, -0.1) is 12.8 Å². The Balaban J connectivity index is 0.00000158. The average molecular weight is 465 g/mol. The van der Waals surface area contributed by atoms with E-state index in [1.165, 1.54) is 18.2 Å². The van der Waals surface area contributed by atoms with E-state index in [-0.39, 0.29) is 17.7 Å². The number of fused-ring (bicyclic) bond motifs is 1. The highest BCUT2D eigenvalue weighted by atomic mass is 19.1. The molecule has 1 aromatic heterocycles. The van der Waals surface area contributed by atoms with Crippen LogP contribution in [0.4, 0.5) is 10.1 Å². The summed E-state index contributed by atoms with van der Waals surface area (Å²) in [6.07, 6.45) is 12.8. The van der Waals surface area contributed by atoms with Crippen LogP contribution in [0.3, 0.4) is 0 Å². The molecule has 0 bridgehead atoms. The van der Waals surface area contributed by atoms with Crippen LogP contribution >= 0.6 is 0 Å². The van der Waals surface area contributed by atoms with Crippen molar-refractivity contribution in [1.29, 1.82) is 0 Å². The first-order valence-electron chi connectivity index (χ1n) is 11.3. The zero-order valence-electron chi connectivity index (χ0n) is 19.5. The molecular weight excluding hydrogens is 435 g/mol. The molecule has 2 aliphatic rings. The Morgan fingerprint density at radius 1 is 1.21 bits per heavy atom. The van der Waals surface area contributed by atoms with Gasteiger partial charge in [-0.1, -0.05) is 0 Å². The molecule has 1 fully saturated rings. The number of aromatic amines is 1. The molecule has 0 radical (unpaired) electrons. The van der Waals surface area contributed by atoms with Gasteiger partial charge in [-0.2, -0.15) is 0 Å². The van der Waals surface area contributed by atoms with Crippen LogP contribution < -0.4 is 10.6 Å². The molecule has 7 nitrogen and oxygen atoms in total. The first-order valence-corrected chi connectivity index (χ1v) is 11.3. The summed E-state index contributed by atoms with van der Waals surface area (Å²) < 4.78 is 13.7. The molecule has 3 N–H and O–H groups in total. The summed E-state index contributed by atoms with van der Waals surface area (Å²) in [4.78, 5) is 42.3. The van der Waals surface area contributed by atoms with Crippen LogP contribution in [0.15, 0.2) is 18.2 Å². The monoisotopic (exact) mass is 464 g/mol. The number of rotatable bonds is 6. The lowest BCUT2D eigenvalue weighted by atomic mass is 10.0. The number of aryl methyl sites for hydroxylation is 1. The number of carbonyl (C=O) groups excluding carboxylic acids is 3. The van der Waals surface area contributed by atoms with Gasteiger partial charge in [0.1, 0.15) is 5.82 Å². The number of amides is 3. The van der Waals surface area contributed by atoms with Crippen LogP contribution in [0.1, 0.15) is 58.6 Å². The molecule has 1 saturated heterocycles. The van der Waals surface area contributed by atoms with Crippen LogP contribution in [0, 0.1) is 32.5 Å². The number of terminal acetylenes is 1. The SMILES string of the molecule is C#C.Cc1[nH]c(/C=C2\C(=O)Nc3ccc(F)cc32)c(C)c1C(=O)NCCCC(=O)N1CCCC1. The van der Waals surface area contributed by atoms with Crippen molar-refractivity contribution in [3.63, 3.8) is 0 Å². The fourth-order valence-electron chi connectivity index (χ4n) is 4.36. The smallest absolute Gasteiger partial charge is 0.256 e. The number of H-pyrrole nitrogens is 1. The molecule has 0 atom stereocenters. The van der Waals surface area contributed by atoms with Crippen LogP contribution in [-0.4, -0.2) is 47.2 Å². The summed E-state index contributed by atoms with van der Waals surface area (Å²) in [6.45, 7) is 5.68. The van der Waals surface area contributed by atoms with E-state index < -0.39 is 5.82 Å². The van der Waals surface area contributed by atoms with Crippen molar-refractivity contribution in [2.45, 2.75) is 39.5 Å². The predicted molar refractivity (Wildman–Crippen MR) is 130 cm³/mol. The summed E-state index contributed by atoms with van der Waals surface area (Å²) in [6, 6.07) is 4.15. The Bertz CT molecular complexity index is 1160. The summed E-state index contributed by atoms with van der Waals surface area (Å²) in [5.74, 6) is -0.817. The molecule has 2 aromatic rings. The second-order valence-corrected chi connectivity index (χ2v) is 8.31. The number of likely N-dealkylation sites (tertiary alicyclic amines) is 1. The number of hydrogen-bond donors (Lipinski definition) is 3. The van der Waals surface area contributed by atoms with Crippen molar-refractivity contribution in [3.05, 3.63) is 52.1 Å². The third-order valence-corrected chi connectivity index (χ3v) is 6.07. The molecule has 0 saturated carbocycles. The maximum absolute atomic E-state index is 13.7. The van der Waals surface area contributed by atoms with Gasteiger partial charge < -0.3 is 20.5 Å². The van der Waals surface area contributed by atoms with Crippen molar-refractivity contribution >= 4 is 35.1 Å². The molecule has 2 aliphatic heterocycles. The Labute approximate surface area is 198 Å². The molecular formula is C26H29FN4O3. The molecule has 34 heavy (non-hydrogen) atoms. The molecule has 3 amide bonds. The van der Waals surface area contributed by atoms with E-state index in [0.29, 0.717) is 58.7 Å². The highest BCUT2D eigenvalue weighted by Crippen LogP contribution is 2.34. The van der Waals surface area contributed by atoms with Gasteiger partial charge in [0.2, 0.25) is 5.91 Å². The molecule has 0 aliphatic carbocycles. The maximum atomic E-state index is 13.7. The van der Waals surface area contributed by atoms with E-state index in [1.54, 1.807) is 19.9 Å². The minimum Gasteiger partial charge on any atom is -0.358 e. The number of aromatic nitrogens is 1. The van der Waals surface area contributed by atoms with E-state index in [0.717, 1.165) is 25.9 Å². The predicted octanol–water partition coefficient (Wildman–Crippen LogP) is 3.65. The molecule has 8 heteroatoms. The van der Waals surface area contributed by atoms with Crippen molar-refractivity contribution in [3.8, 4) is 12.8 Å². The average Bonchev–Trinajstić information content (AvgIpc) is 3.52. The fraction of sp³-hybridized carbons (Fsp3) is 0.346. The molecule has 178 valence electrons. The number of halogens is 1. The quantitative estimate of drug-likeness (QED) is 0.346. The van der Waals surface area contributed by atoms with Crippen molar-refractivity contribution in [1.82, 2.24) is 15.2 Å². The van der Waals surface area contributed by atoms with Crippen LogP contribution in [0.2, 0.25) is 0 Å². The normalized spacial score (nSPS) is 15.5. The van der Waals surface area contributed by atoms with Gasteiger partial charge in [0.05, 0.1) is 11.1 Å². The second kappa shape index (κ2) is 10.8. The number of nitrogens with one attached hydrogen (secondary N) is 3. The first kappa shape index (κ1) is 24.8. The van der Waals surface area contributed by atoms with Gasteiger partial charge in [0.15, 0.2) is 0 Å². The third kappa shape index (κ3) is 5.20. The van der Waals surface area contributed by atoms with Crippen LogP contribution in [0.5, 0.6) is 0 Å². The highest BCUT2D eigenvalue weighted by molar-refractivity contribution is 6.34. The van der Waals surface area contributed by atoms with E-state index in [2.05, 4.69) is 28.5 Å². The van der Waals surface area contributed by atoms with E-state index in [9.17, 15) is 18.8 Å². The zero-order chi connectivity index (χ0) is 24.8. The van der Waals surface area contributed by atoms with Gasteiger partial charge in [-0.25, -0.2) is 4.39 Å². The number of benzene rings is 1. The second-order valence-electron chi connectivity index (χ2n) is 8.31. The minimum atomic E-state index is -0.422. The van der Waals surface area contributed by atoms with Gasteiger partial charge in [0.25, 0.3) is 11.8 Å². The lowest BCUT2D eigenvalue weighted by Gasteiger charge is -2.15. The largest absolute Gasteiger partial charge is 0.358 e. The maximum Gasteiger partial charge on any atom is 0.256 e. The van der Waals surface area contributed by atoms with Crippen molar-refractivity contribution in [2.75, 3.05) is 25.0 Å². The Morgan fingerprint density at radius 2 is 1.91 bits per heavy atom. The molecule has 4 rings (SSSR count).